The summed E-state index contributed by atoms with van der Waals surface area (Å²) in [5.74, 6) is 0.451. The summed E-state index contributed by atoms with van der Waals surface area (Å²) in [5, 5.41) is 1.59. The molecule has 6 heteroatoms. The van der Waals surface area contributed by atoms with E-state index in [2.05, 4.69) is 4.98 Å². The molecule has 0 spiro atoms. The Morgan fingerprint density at radius 2 is 1.68 bits per heavy atom. The Hall–Kier alpha value is -1.42. The van der Waals surface area contributed by atoms with Gasteiger partial charge >= 0.3 is 0 Å². The van der Waals surface area contributed by atoms with Gasteiger partial charge < -0.3 is 5.73 Å². The zero-order chi connectivity index (χ0) is 13.6. The average molecular weight is 313 g/mol. The maximum Gasteiger partial charge on any atom is 0.139 e. The van der Waals surface area contributed by atoms with Crippen molar-refractivity contribution in [3.63, 3.8) is 0 Å². The lowest BCUT2D eigenvalue weighted by Gasteiger charge is -2.04. The number of benzene rings is 1. The average Bonchev–Trinajstić information content (AvgIpc) is 2.67. The molecular weight excluding hydrogens is 305 g/mol. The molecule has 96 valence electrons. The van der Waals surface area contributed by atoms with Gasteiger partial charge in [-0.1, -0.05) is 40.9 Å². The van der Waals surface area contributed by atoms with Crippen LogP contribution in [0.2, 0.25) is 15.1 Å². The fourth-order valence-electron chi connectivity index (χ4n) is 1.94. The highest BCUT2D eigenvalue weighted by molar-refractivity contribution is 6.39. The second-order valence-electron chi connectivity index (χ2n) is 4.02. The Balaban J connectivity index is 2.35. The highest BCUT2D eigenvalue weighted by Gasteiger charge is 2.16. The zero-order valence-corrected chi connectivity index (χ0v) is 11.8. The second kappa shape index (κ2) is 4.60. The van der Waals surface area contributed by atoms with Crippen molar-refractivity contribution < 1.29 is 0 Å². The van der Waals surface area contributed by atoms with Crippen molar-refractivity contribution in [3.05, 3.63) is 51.6 Å². The van der Waals surface area contributed by atoms with Gasteiger partial charge in [-0.05, 0) is 24.3 Å². The first-order valence-corrected chi connectivity index (χ1v) is 6.59. The zero-order valence-electron chi connectivity index (χ0n) is 9.57. The van der Waals surface area contributed by atoms with E-state index < -0.39 is 0 Å². The normalized spacial score (nSPS) is 11.1. The second-order valence-corrected chi connectivity index (χ2v) is 5.27. The summed E-state index contributed by atoms with van der Waals surface area (Å²) in [6.07, 6.45) is 1.70. The Morgan fingerprint density at radius 1 is 1.00 bits per heavy atom. The number of halogens is 3. The first-order valence-electron chi connectivity index (χ1n) is 5.45. The van der Waals surface area contributed by atoms with Crippen LogP contribution in [-0.4, -0.2) is 9.38 Å². The number of anilines is 1. The number of nitrogens with zero attached hydrogens (tertiary/aromatic N) is 2. The first-order chi connectivity index (χ1) is 9.08. The Bertz CT molecular complexity index is 760. The number of aromatic nitrogens is 2. The van der Waals surface area contributed by atoms with Gasteiger partial charge in [0.2, 0.25) is 0 Å². The van der Waals surface area contributed by atoms with Crippen molar-refractivity contribution >= 4 is 46.3 Å². The van der Waals surface area contributed by atoms with Gasteiger partial charge in [0.1, 0.15) is 17.2 Å². The van der Waals surface area contributed by atoms with E-state index in [0.29, 0.717) is 37.8 Å². The largest absolute Gasteiger partial charge is 0.383 e. The third kappa shape index (κ3) is 2.04. The summed E-state index contributed by atoms with van der Waals surface area (Å²) in [4.78, 5) is 4.46. The van der Waals surface area contributed by atoms with Crippen molar-refractivity contribution in [1.82, 2.24) is 9.38 Å². The van der Waals surface area contributed by atoms with Crippen molar-refractivity contribution in [2.45, 2.75) is 0 Å². The van der Waals surface area contributed by atoms with Crippen molar-refractivity contribution in [2.24, 2.45) is 0 Å². The standard InChI is InChI=1S/C13H8Cl3N3/c14-7-4-5-10-18-12(13(17)19(10)6-7)11-8(15)2-1-3-9(11)16/h1-6H,17H2. The predicted octanol–water partition coefficient (Wildman–Crippen LogP) is 4.54. The number of pyridine rings is 1. The van der Waals surface area contributed by atoms with Gasteiger partial charge in [-0.2, -0.15) is 0 Å². The van der Waals surface area contributed by atoms with Crippen molar-refractivity contribution in [1.29, 1.82) is 0 Å². The van der Waals surface area contributed by atoms with Gasteiger partial charge in [0.25, 0.3) is 0 Å². The molecule has 19 heavy (non-hydrogen) atoms. The van der Waals surface area contributed by atoms with Crippen LogP contribution in [0.4, 0.5) is 5.82 Å². The van der Waals surface area contributed by atoms with E-state index in [1.807, 2.05) is 0 Å². The van der Waals surface area contributed by atoms with E-state index in [9.17, 15) is 0 Å². The lowest BCUT2D eigenvalue weighted by Crippen LogP contribution is -1.94. The van der Waals surface area contributed by atoms with Gasteiger partial charge in [0.15, 0.2) is 0 Å². The van der Waals surface area contributed by atoms with Gasteiger partial charge in [0.05, 0.1) is 15.1 Å². The predicted molar refractivity (Wildman–Crippen MR) is 80.1 cm³/mol. The number of nitrogens with two attached hydrogens (primary N) is 1. The number of hydrogen-bond donors (Lipinski definition) is 1. The summed E-state index contributed by atoms with van der Waals surface area (Å²) in [5.41, 5.74) is 7.97. The van der Waals surface area contributed by atoms with Crippen LogP contribution in [0, 0.1) is 0 Å². The number of rotatable bonds is 1. The van der Waals surface area contributed by atoms with Gasteiger partial charge in [-0.25, -0.2) is 4.98 Å². The molecule has 3 rings (SSSR count). The number of imidazole rings is 1. The monoisotopic (exact) mass is 311 g/mol. The minimum Gasteiger partial charge on any atom is -0.383 e. The van der Waals surface area contributed by atoms with E-state index in [4.69, 9.17) is 40.5 Å². The number of fused-ring (bicyclic) bond motifs is 1. The van der Waals surface area contributed by atoms with Crippen LogP contribution >= 0.6 is 34.8 Å². The molecule has 0 amide bonds. The molecule has 0 saturated carbocycles. The van der Waals surface area contributed by atoms with Crippen LogP contribution in [-0.2, 0) is 0 Å². The molecule has 2 N–H and O–H groups in total. The molecule has 0 fully saturated rings. The van der Waals surface area contributed by atoms with Crippen LogP contribution in [0.1, 0.15) is 0 Å². The summed E-state index contributed by atoms with van der Waals surface area (Å²) in [7, 11) is 0. The first kappa shape index (κ1) is 12.6. The van der Waals surface area contributed by atoms with Crippen molar-refractivity contribution in [2.75, 3.05) is 5.73 Å². The number of nitrogen functional groups attached to an aromatic ring is 1. The van der Waals surface area contributed by atoms with Crippen molar-refractivity contribution in [3.8, 4) is 11.3 Å². The molecule has 0 bridgehead atoms. The van der Waals surface area contributed by atoms with E-state index in [1.54, 1.807) is 40.9 Å². The van der Waals surface area contributed by atoms with E-state index in [1.165, 1.54) is 0 Å². The molecule has 0 aliphatic rings. The molecule has 2 heterocycles. The summed E-state index contributed by atoms with van der Waals surface area (Å²) in [6.45, 7) is 0. The van der Waals surface area contributed by atoms with Crippen LogP contribution in [0.15, 0.2) is 36.5 Å². The Labute approximate surface area is 124 Å². The molecular formula is C13H8Cl3N3. The minimum atomic E-state index is 0.451. The molecule has 3 nitrogen and oxygen atoms in total. The van der Waals surface area contributed by atoms with Gasteiger partial charge in [-0.3, -0.25) is 4.40 Å². The van der Waals surface area contributed by atoms with Gasteiger partial charge in [0, 0.05) is 11.8 Å². The number of hydrogen-bond acceptors (Lipinski definition) is 2. The lowest BCUT2D eigenvalue weighted by molar-refractivity contribution is 1.20. The molecule has 0 saturated heterocycles. The van der Waals surface area contributed by atoms with Gasteiger partial charge in [-0.15, -0.1) is 0 Å². The van der Waals surface area contributed by atoms with E-state index in [-0.39, 0.29) is 0 Å². The molecule has 0 radical (unpaired) electrons. The highest BCUT2D eigenvalue weighted by Crippen LogP contribution is 2.37. The summed E-state index contributed by atoms with van der Waals surface area (Å²) in [6, 6.07) is 8.81. The smallest absolute Gasteiger partial charge is 0.139 e. The maximum atomic E-state index is 6.18. The van der Waals surface area contributed by atoms with Crippen LogP contribution in [0.25, 0.3) is 16.9 Å². The fraction of sp³-hybridized carbons (Fsp3) is 0. The fourth-order valence-corrected chi connectivity index (χ4v) is 2.68. The van der Waals surface area contributed by atoms with Crippen LogP contribution < -0.4 is 5.73 Å². The lowest BCUT2D eigenvalue weighted by atomic mass is 10.1. The third-order valence-corrected chi connectivity index (χ3v) is 3.67. The Morgan fingerprint density at radius 3 is 2.37 bits per heavy atom. The molecule has 2 aromatic heterocycles. The topological polar surface area (TPSA) is 43.3 Å². The van der Waals surface area contributed by atoms with E-state index >= 15 is 0 Å². The third-order valence-electron chi connectivity index (χ3n) is 2.82. The van der Waals surface area contributed by atoms with E-state index in [0.717, 1.165) is 0 Å². The molecule has 0 unspecified atom stereocenters. The quantitative estimate of drug-likeness (QED) is 0.716. The molecule has 3 aromatic rings. The molecule has 0 atom stereocenters. The van der Waals surface area contributed by atoms with Crippen LogP contribution in [0.5, 0.6) is 0 Å². The maximum absolute atomic E-state index is 6.18. The Kier molecular flexibility index (Phi) is 3.05. The van der Waals surface area contributed by atoms with Crippen LogP contribution in [0.3, 0.4) is 0 Å². The summed E-state index contributed by atoms with van der Waals surface area (Å²) >= 11 is 18.3. The minimum absolute atomic E-state index is 0.451. The molecule has 0 aliphatic heterocycles. The molecule has 0 aliphatic carbocycles. The SMILES string of the molecule is Nc1c(-c2c(Cl)cccc2Cl)nc2ccc(Cl)cn12. The summed E-state index contributed by atoms with van der Waals surface area (Å²) < 4.78 is 1.71. The highest BCUT2D eigenvalue weighted by atomic mass is 35.5. The molecule has 1 aromatic carbocycles.